The van der Waals surface area contributed by atoms with Crippen LogP contribution in [0.15, 0.2) is 18.2 Å². The van der Waals surface area contributed by atoms with E-state index in [9.17, 15) is 18.8 Å². The summed E-state index contributed by atoms with van der Waals surface area (Å²) in [7, 11) is 1.22. The molecule has 0 fully saturated rings. The topological polar surface area (TPSA) is 105 Å². The van der Waals surface area contributed by atoms with Crippen LogP contribution in [0.25, 0.3) is 0 Å². The second-order valence-corrected chi connectivity index (χ2v) is 3.67. The molecule has 1 aromatic rings. The number of nitrogens with one attached hydrogen (secondary N) is 2. The monoisotopic (exact) mass is 284 g/mol. The standard InChI is InChI=1S/C12H13FN2O5/c1-20-9(16)5-6-14-12(19)15-8-4-2-3-7(13)10(8)11(17)18/h2-4H,5-6H2,1H3,(H,17,18)(H2,14,15,19). The van der Waals surface area contributed by atoms with Crippen molar-refractivity contribution in [3.8, 4) is 0 Å². The molecule has 0 radical (unpaired) electrons. The Morgan fingerprint density at radius 3 is 2.65 bits per heavy atom. The molecule has 3 N–H and O–H groups in total. The first-order chi connectivity index (χ1) is 9.45. The summed E-state index contributed by atoms with van der Waals surface area (Å²) in [5, 5.41) is 13.4. The molecule has 7 nitrogen and oxygen atoms in total. The number of amides is 2. The SMILES string of the molecule is COC(=O)CCNC(=O)Nc1cccc(F)c1C(=O)O. The molecule has 0 saturated heterocycles. The van der Waals surface area contributed by atoms with Crippen molar-refractivity contribution in [2.24, 2.45) is 0 Å². The van der Waals surface area contributed by atoms with Gasteiger partial charge in [0.05, 0.1) is 19.2 Å². The molecular formula is C12H13FN2O5. The van der Waals surface area contributed by atoms with Crippen LogP contribution < -0.4 is 10.6 Å². The molecule has 1 aromatic carbocycles. The summed E-state index contributed by atoms with van der Waals surface area (Å²) < 4.78 is 17.7. The Balaban J connectivity index is 2.65. The van der Waals surface area contributed by atoms with Gasteiger partial charge in [0.25, 0.3) is 0 Å². The molecule has 0 spiro atoms. The lowest BCUT2D eigenvalue weighted by Gasteiger charge is -2.10. The first kappa shape index (κ1) is 15.4. The van der Waals surface area contributed by atoms with Crippen LogP contribution in [0.4, 0.5) is 14.9 Å². The molecule has 0 bridgehead atoms. The molecule has 108 valence electrons. The number of urea groups is 1. The maximum absolute atomic E-state index is 13.3. The van der Waals surface area contributed by atoms with Crippen LogP contribution in [0.5, 0.6) is 0 Å². The number of aromatic carboxylic acids is 1. The predicted molar refractivity (Wildman–Crippen MR) is 67.0 cm³/mol. The van der Waals surface area contributed by atoms with Crippen LogP contribution in [-0.2, 0) is 9.53 Å². The van der Waals surface area contributed by atoms with Crippen molar-refractivity contribution in [3.05, 3.63) is 29.6 Å². The van der Waals surface area contributed by atoms with E-state index in [-0.39, 0.29) is 18.7 Å². The zero-order valence-electron chi connectivity index (χ0n) is 10.6. The largest absolute Gasteiger partial charge is 0.478 e. The summed E-state index contributed by atoms with van der Waals surface area (Å²) in [6.45, 7) is 0.0101. The third kappa shape index (κ3) is 4.23. The Hall–Kier alpha value is -2.64. The fourth-order valence-electron chi connectivity index (χ4n) is 1.39. The summed E-state index contributed by atoms with van der Waals surface area (Å²) in [5.41, 5.74) is -0.802. The van der Waals surface area contributed by atoms with Gasteiger partial charge in [-0.05, 0) is 12.1 Å². The second-order valence-electron chi connectivity index (χ2n) is 3.67. The lowest BCUT2D eigenvalue weighted by Crippen LogP contribution is -2.31. The smallest absolute Gasteiger partial charge is 0.340 e. The molecule has 0 aliphatic carbocycles. The maximum atomic E-state index is 13.3. The van der Waals surface area contributed by atoms with Gasteiger partial charge in [0.15, 0.2) is 0 Å². The third-order valence-electron chi connectivity index (χ3n) is 2.32. The number of benzene rings is 1. The van der Waals surface area contributed by atoms with Crippen molar-refractivity contribution < 1.29 is 28.6 Å². The minimum atomic E-state index is -1.49. The van der Waals surface area contributed by atoms with E-state index < -0.39 is 29.4 Å². The number of esters is 1. The number of hydrogen-bond donors (Lipinski definition) is 3. The summed E-state index contributed by atoms with van der Waals surface area (Å²) >= 11 is 0. The predicted octanol–water partition coefficient (Wildman–Crippen LogP) is 1.21. The Bertz CT molecular complexity index is 533. The molecule has 2 amide bonds. The third-order valence-corrected chi connectivity index (χ3v) is 2.32. The van der Waals surface area contributed by atoms with E-state index in [4.69, 9.17) is 5.11 Å². The normalized spacial score (nSPS) is 9.70. The van der Waals surface area contributed by atoms with Crippen molar-refractivity contribution in [2.75, 3.05) is 19.0 Å². The van der Waals surface area contributed by atoms with Crippen LogP contribution in [0.1, 0.15) is 16.8 Å². The van der Waals surface area contributed by atoms with Crippen LogP contribution in [0.2, 0.25) is 0 Å². The molecule has 1 rings (SSSR count). The highest BCUT2D eigenvalue weighted by atomic mass is 19.1. The zero-order chi connectivity index (χ0) is 15.1. The van der Waals surface area contributed by atoms with Crippen LogP contribution in [0, 0.1) is 5.82 Å². The number of methoxy groups -OCH3 is 1. The van der Waals surface area contributed by atoms with E-state index in [1.165, 1.54) is 19.2 Å². The molecule has 8 heteroatoms. The van der Waals surface area contributed by atoms with Gasteiger partial charge in [-0.25, -0.2) is 14.0 Å². The van der Waals surface area contributed by atoms with E-state index in [2.05, 4.69) is 15.4 Å². The number of carboxylic acid groups (broad SMARTS) is 1. The van der Waals surface area contributed by atoms with E-state index in [0.717, 1.165) is 6.07 Å². The highest BCUT2D eigenvalue weighted by Crippen LogP contribution is 2.18. The van der Waals surface area contributed by atoms with E-state index in [0.29, 0.717) is 0 Å². The van der Waals surface area contributed by atoms with Gasteiger partial charge < -0.3 is 20.5 Å². The molecule has 0 aliphatic heterocycles. The first-order valence-corrected chi connectivity index (χ1v) is 5.59. The minimum absolute atomic E-state index is 0.0101. The highest BCUT2D eigenvalue weighted by molar-refractivity contribution is 6.00. The number of anilines is 1. The first-order valence-electron chi connectivity index (χ1n) is 5.59. The fourth-order valence-corrected chi connectivity index (χ4v) is 1.39. The van der Waals surface area contributed by atoms with Crippen LogP contribution in [-0.4, -0.2) is 36.7 Å². The average Bonchev–Trinajstić information content (AvgIpc) is 2.38. The van der Waals surface area contributed by atoms with Gasteiger partial charge in [0.1, 0.15) is 11.4 Å². The van der Waals surface area contributed by atoms with E-state index >= 15 is 0 Å². The van der Waals surface area contributed by atoms with Crippen molar-refractivity contribution in [3.63, 3.8) is 0 Å². The number of ether oxygens (including phenoxy) is 1. The second kappa shape index (κ2) is 7.07. The molecule has 20 heavy (non-hydrogen) atoms. The molecular weight excluding hydrogens is 271 g/mol. The summed E-state index contributed by atoms with van der Waals surface area (Å²) in [6.07, 6.45) is -0.0289. The van der Waals surface area contributed by atoms with Crippen molar-refractivity contribution >= 4 is 23.7 Å². The van der Waals surface area contributed by atoms with E-state index in [1.807, 2.05) is 0 Å². The van der Waals surface area contributed by atoms with Crippen molar-refractivity contribution in [1.29, 1.82) is 0 Å². The van der Waals surface area contributed by atoms with Crippen molar-refractivity contribution in [1.82, 2.24) is 5.32 Å². The number of carboxylic acids is 1. The number of rotatable bonds is 5. The average molecular weight is 284 g/mol. The van der Waals surface area contributed by atoms with Crippen LogP contribution in [0.3, 0.4) is 0 Å². The lowest BCUT2D eigenvalue weighted by atomic mass is 10.1. The van der Waals surface area contributed by atoms with Gasteiger partial charge in [-0.1, -0.05) is 6.07 Å². The van der Waals surface area contributed by atoms with Crippen molar-refractivity contribution in [2.45, 2.75) is 6.42 Å². The molecule has 0 aliphatic rings. The Morgan fingerprint density at radius 2 is 2.05 bits per heavy atom. The number of carbonyl (C=O) groups excluding carboxylic acids is 2. The number of halogens is 1. The summed E-state index contributed by atoms with van der Waals surface area (Å²) in [4.78, 5) is 33.2. The molecule has 0 saturated carbocycles. The molecule has 0 aromatic heterocycles. The van der Waals surface area contributed by atoms with Gasteiger partial charge in [0, 0.05) is 6.54 Å². The number of carbonyl (C=O) groups is 3. The summed E-state index contributed by atoms with van der Waals surface area (Å²) in [5.74, 6) is -2.94. The molecule has 0 unspecified atom stereocenters. The minimum Gasteiger partial charge on any atom is -0.478 e. The van der Waals surface area contributed by atoms with Gasteiger partial charge in [-0.2, -0.15) is 0 Å². The number of hydrogen-bond acceptors (Lipinski definition) is 4. The lowest BCUT2D eigenvalue weighted by molar-refractivity contribution is -0.140. The maximum Gasteiger partial charge on any atom is 0.340 e. The molecule has 0 atom stereocenters. The Labute approximate surface area is 113 Å². The summed E-state index contributed by atoms with van der Waals surface area (Å²) in [6, 6.07) is 2.75. The Morgan fingerprint density at radius 1 is 1.35 bits per heavy atom. The molecule has 0 heterocycles. The quantitative estimate of drug-likeness (QED) is 0.705. The van der Waals surface area contributed by atoms with Crippen LogP contribution >= 0.6 is 0 Å². The van der Waals surface area contributed by atoms with Gasteiger partial charge in [0.2, 0.25) is 0 Å². The van der Waals surface area contributed by atoms with Gasteiger partial charge in [-0.15, -0.1) is 0 Å². The van der Waals surface area contributed by atoms with Gasteiger partial charge >= 0.3 is 18.0 Å². The highest BCUT2D eigenvalue weighted by Gasteiger charge is 2.17. The zero-order valence-corrected chi connectivity index (χ0v) is 10.6. The van der Waals surface area contributed by atoms with Gasteiger partial charge in [-0.3, -0.25) is 4.79 Å². The fraction of sp³-hybridized carbons (Fsp3) is 0.250. The van der Waals surface area contributed by atoms with E-state index in [1.54, 1.807) is 0 Å². The Kier molecular flexibility index (Phi) is 5.45.